The van der Waals surface area contributed by atoms with Gasteiger partial charge in [-0.3, -0.25) is 0 Å². The highest BCUT2D eigenvalue weighted by atomic mass is 16.5. The SMILES string of the molecule is CC1=C(C(=O)OCc2ccccc2)C(c2ccc(C#N)cc2)C(C#N)=C(N)O1. The Hall–Kier alpha value is -4.03. The first-order valence-electron chi connectivity index (χ1n) is 8.54. The minimum atomic E-state index is -0.727. The van der Waals surface area contributed by atoms with E-state index in [1.165, 1.54) is 0 Å². The molecule has 28 heavy (non-hydrogen) atoms. The number of carbonyl (C=O) groups excluding carboxylic acids is 1. The maximum atomic E-state index is 12.9. The van der Waals surface area contributed by atoms with Gasteiger partial charge in [-0.05, 0) is 30.2 Å². The van der Waals surface area contributed by atoms with E-state index in [0.717, 1.165) is 5.56 Å². The molecule has 0 bridgehead atoms. The number of ether oxygens (including phenoxy) is 2. The van der Waals surface area contributed by atoms with Crippen LogP contribution in [0.1, 0.15) is 29.5 Å². The van der Waals surface area contributed by atoms with Gasteiger partial charge in [-0.1, -0.05) is 42.5 Å². The van der Waals surface area contributed by atoms with Crippen molar-refractivity contribution < 1.29 is 14.3 Å². The fraction of sp³-hybridized carbons (Fsp3) is 0.136. The number of rotatable bonds is 4. The fourth-order valence-corrected chi connectivity index (χ4v) is 3.03. The van der Waals surface area contributed by atoms with Crippen LogP contribution in [0, 0.1) is 22.7 Å². The van der Waals surface area contributed by atoms with Crippen molar-refractivity contribution in [2.75, 3.05) is 0 Å². The van der Waals surface area contributed by atoms with E-state index in [4.69, 9.17) is 20.5 Å². The summed E-state index contributed by atoms with van der Waals surface area (Å²) in [7, 11) is 0. The van der Waals surface area contributed by atoms with E-state index in [1.54, 1.807) is 31.2 Å². The molecule has 0 aromatic heterocycles. The molecule has 0 fully saturated rings. The van der Waals surface area contributed by atoms with Crippen LogP contribution in [0.25, 0.3) is 0 Å². The summed E-state index contributed by atoms with van der Waals surface area (Å²) in [5.41, 5.74) is 8.19. The quantitative estimate of drug-likeness (QED) is 0.825. The van der Waals surface area contributed by atoms with Gasteiger partial charge in [-0.25, -0.2) is 4.79 Å². The number of carbonyl (C=O) groups is 1. The molecule has 3 rings (SSSR count). The van der Waals surface area contributed by atoms with E-state index >= 15 is 0 Å². The summed E-state index contributed by atoms with van der Waals surface area (Å²) in [5, 5.41) is 18.6. The summed E-state index contributed by atoms with van der Waals surface area (Å²) < 4.78 is 10.9. The van der Waals surface area contributed by atoms with Crippen LogP contribution < -0.4 is 5.73 Å². The van der Waals surface area contributed by atoms with Gasteiger partial charge in [-0.15, -0.1) is 0 Å². The van der Waals surface area contributed by atoms with Gasteiger partial charge in [0.1, 0.15) is 24.0 Å². The monoisotopic (exact) mass is 371 g/mol. The Morgan fingerprint density at radius 3 is 2.39 bits per heavy atom. The van der Waals surface area contributed by atoms with Crippen molar-refractivity contribution in [3.8, 4) is 12.1 Å². The largest absolute Gasteiger partial charge is 0.457 e. The lowest BCUT2D eigenvalue weighted by Crippen LogP contribution is -2.25. The fourth-order valence-electron chi connectivity index (χ4n) is 3.03. The highest BCUT2D eigenvalue weighted by molar-refractivity contribution is 5.92. The molecule has 2 N–H and O–H groups in total. The second kappa shape index (κ2) is 8.11. The van der Waals surface area contributed by atoms with Gasteiger partial charge in [0.15, 0.2) is 0 Å². The summed E-state index contributed by atoms with van der Waals surface area (Å²) in [6.07, 6.45) is 0. The Bertz CT molecular complexity index is 1040. The van der Waals surface area contributed by atoms with Crippen LogP contribution in [0.5, 0.6) is 0 Å². The first-order chi connectivity index (χ1) is 13.5. The second-order valence-corrected chi connectivity index (χ2v) is 6.19. The van der Waals surface area contributed by atoms with Gasteiger partial charge in [0, 0.05) is 0 Å². The van der Waals surface area contributed by atoms with Crippen LogP contribution in [0.2, 0.25) is 0 Å². The van der Waals surface area contributed by atoms with Crippen LogP contribution in [0.3, 0.4) is 0 Å². The third-order valence-corrected chi connectivity index (χ3v) is 4.41. The van der Waals surface area contributed by atoms with Gasteiger partial charge in [-0.2, -0.15) is 10.5 Å². The van der Waals surface area contributed by atoms with Gasteiger partial charge >= 0.3 is 5.97 Å². The lowest BCUT2D eigenvalue weighted by Gasteiger charge is -2.27. The molecule has 1 aliphatic rings. The normalized spacial score (nSPS) is 16.0. The third-order valence-electron chi connectivity index (χ3n) is 4.41. The minimum Gasteiger partial charge on any atom is -0.457 e. The number of hydrogen-bond acceptors (Lipinski definition) is 6. The van der Waals surface area contributed by atoms with Gasteiger partial charge in [0.2, 0.25) is 5.88 Å². The average molecular weight is 371 g/mol. The first-order valence-corrected chi connectivity index (χ1v) is 8.54. The topological polar surface area (TPSA) is 109 Å². The Balaban J connectivity index is 1.96. The highest BCUT2D eigenvalue weighted by Crippen LogP contribution is 2.39. The second-order valence-electron chi connectivity index (χ2n) is 6.19. The smallest absolute Gasteiger partial charge is 0.338 e. The molecule has 138 valence electrons. The van der Waals surface area contributed by atoms with Crippen LogP contribution in [-0.4, -0.2) is 5.97 Å². The number of nitrogens with two attached hydrogens (primary N) is 1. The molecule has 0 amide bonds. The maximum Gasteiger partial charge on any atom is 0.338 e. The number of esters is 1. The van der Waals surface area contributed by atoms with Crippen molar-refractivity contribution in [3.05, 3.63) is 94.1 Å². The number of nitrogens with zero attached hydrogens (tertiary/aromatic N) is 2. The van der Waals surface area contributed by atoms with Crippen LogP contribution in [0.4, 0.5) is 0 Å². The zero-order valence-electron chi connectivity index (χ0n) is 15.2. The zero-order chi connectivity index (χ0) is 20.1. The summed E-state index contributed by atoms with van der Waals surface area (Å²) in [6, 6.07) is 20.0. The molecule has 2 aromatic rings. The van der Waals surface area contributed by atoms with E-state index in [1.807, 2.05) is 42.5 Å². The number of hydrogen-bond donors (Lipinski definition) is 1. The molecule has 1 aliphatic heterocycles. The molecule has 1 unspecified atom stereocenters. The van der Waals surface area contributed by atoms with E-state index in [-0.39, 0.29) is 29.4 Å². The number of nitriles is 2. The summed E-state index contributed by atoms with van der Waals surface area (Å²) in [5.74, 6) is -1.08. The summed E-state index contributed by atoms with van der Waals surface area (Å²) in [4.78, 5) is 12.9. The van der Waals surface area contributed by atoms with Crippen molar-refractivity contribution >= 4 is 5.97 Å². The standard InChI is InChI=1S/C22H17N3O3/c1-14-19(22(26)27-13-16-5-3-2-4-6-16)20(18(12-24)21(25)28-14)17-9-7-15(11-23)8-10-17/h2-10,20H,13,25H2,1H3. The predicted octanol–water partition coefficient (Wildman–Crippen LogP) is 3.38. The molecule has 0 radical (unpaired) electrons. The van der Waals surface area contributed by atoms with Crippen LogP contribution >= 0.6 is 0 Å². The Labute approximate surface area is 162 Å². The van der Waals surface area contributed by atoms with Crippen molar-refractivity contribution in [2.45, 2.75) is 19.4 Å². The van der Waals surface area contributed by atoms with E-state index in [2.05, 4.69) is 0 Å². The van der Waals surface area contributed by atoms with Crippen LogP contribution in [0.15, 0.2) is 77.4 Å². The third kappa shape index (κ3) is 3.72. The maximum absolute atomic E-state index is 12.9. The molecule has 6 nitrogen and oxygen atoms in total. The summed E-state index contributed by atoms with van der Waals surface area (Å²) in [6.45, 7) is 1.70. The minimum absolute atomic E-state index is 0.0473. The molecule has 1 heterocycles. The molecule has 1 atom stereocenters. The van der Waals surface area contributed by atoms with Gasteiger partial charge in [0.25, 0.3) is 0 Å². The van der Waals surface area contributed by atoms with E-state index in [0.29, 0.717) is 11.1 Å². The Kier molecular flexibility index (Phi) is 5.43. The van der Waals surface area contributed by atoms with Crippen molar-refractivity contribution in [3.63, 3.8) is 0 Å². The average Bonchev–Trinajstić information content (AvgIpc) is 2.72. The number of benzene rings is 2. The lowest BCUT2D eigenvalue weighted by molar-refractivity contribution is -0.140. The number of allylic oxidation sites excluding steroid dienone is 2. The molecule has 0 aliphatic carbocycles. The molecule has 6 heteroatoms. The predicted molar refractivity (Wildman–Crippen MR) is 101 cm³/mol. The van der Waals surface area contributed by atoms with Crippen molar-refractivity contribution in [1.82, 2.24) is 0 Å². The van der Waals surface area contributed by atoms with Gasteiger partial charge < -0.3 is 15.2 Å². The van der Waals surface area contributed by atoms with E-state index < -0.39 is 11.9 Å². The summed E-state index contributed by atoms with van der Waals surface area (Å²) >= 11 is 0. The molecular weight excluding hydrogens is 354 g/mol. The molecular formula is C22H17N3O3. The lowest BCUT2D eigenvalue weighted by atomic mass is 9.83. The molecule has 0 spiro atoms. The molecule has 0 saturated heterocycles. The zero-order valence-corrected chi connectivity index (χ0v) is 15.2. The van der Waals surface area contributed by atoms with Crippen LogP contribution in [-0.2, 0) is 20.9 Å². The molecule has 0 saturated carbocycles. The van der Waals surface area contributed by atoms with Crippen molar-refractivity contribution in [1.29, 1.82) is 10.5 Å². The van der Waals surface area contributed by atoms with Crippen molar-refractivity contribution in [2.24, 2.45) is 5.73 Å². The van der Waals surface area contributed by atoms with Gasteiger partial charge in [0.05, 0.1) is 23.1 Å². The molecule has 2 aromatic carbocycles. The first kappa shape index (κ1) is 18.8. The highest BCUT2D eigenvalue weighted by Gasteiger charge is 2.36. The Morgan fingerprint density at radius 1 is 1.11 bits per heavy atom. The van der Waals surface area contributed by atoms with E-state index in [9.17, 15) is 10.1 Å². The Morgan fingerprint density at radius 2 is 1.79 bits per heavy atom.